The number of aromatic nitrogens is 1. The third-order valence-electron chi connectivity index (χ3n) is 4.33. The molecule has 1 saturated heterocycles. The third-order valence-corrected chi connectivity index (χ3v) is 4.33. The van der Waals surface area contributed by atoms with Crippen molar-refractivity contribution in [3.63, 3.8) is 0 Å². The van der Waals surface area contributed by atoms with Gasteiger partial charge in [-0.25, -0.2) is 4.39 Å². The Balaban J connectivity index is 1.61. The Morgan fingerprint density at radius 3 is 2.59 bits per heavy atom. The number of hydrogen-bond donors (Lipinski definition) is 0. The van der Waals surface area contributed by atoms with Crippen molar-refractivity contribution in [2.75, 3.05) is 18.0 Å². The lowest BCUT2D eigenvalue weighted by Gasteiger charge is -2.62. The number of pyridine rings is 1. The van der Waals surface area contributed by atoms with E-state index in [-0.39, 0.29) is 5.41 Å². The van der Waals surface area contributed by atoms with E-state index in [4.69, 9.17) is 0 Å². The van der Waals surface area contributed by atoms with Gasteiger partial charge in [-0.05, 0) is 38.3 Å². The number of halogens is 1. The molecule has 0 atom stereocenters. The molecular formula is C14H19FN2. The van der Waals surface area contributed by atoms with Crippen LogP contribution in [0.15, 0.2) is 18.3 Å². The Morgan fingerprint density at radius 2 is 2.06 bits per heavy atom. The summed E-state index contributed by atoms with van der Waals surface area (Å²) in [6.45, 7) is 5.95. The van der Waals surface area contributed by atoms with E-state index < -0.39 is 5.67 Å². The molecule has 1 aromatic heterocycles. The van der Waals surface area contributed by atoms with Gasteiger partial charge in [-0.2, -0.15) is 0 Å². The minimum absolute atomic E-state index is 0.273. The predicted molar refractivity (Wildman–Crippen MR) is 67.0 cm³/mol. The summed E-state index contributed by atoms with van der Waals surface area (Å²) in [4.78, 5) is 6.61. The van der Waals surface area contributed by atoms with E-state index in [1.54, 1.807) is 0 Å². The van der Waals surface area contributed by atoms with Crippen LogP contribution >= 0.6 is 0 Å². The smallest absolute Gasteiger partial charge is 0.112 e. The molecule has 2 nitrogen and oxygen atoms in total. The summed E-state index contributed by atoms with van der Waals surface area (Å²) in [5, 5.41) is 0. The van der Waals surface area contributed by atoms with Gasteiger partial charge in [-0.1, -0.05) is 6.92 Å². The highest BCUT2D eigenvalue weighted by Crippen LogP contribution is 2.57. The molecular weight excluding hydrogens is 215 g/mol. The number of nitrogens with zero attached hydrogens (tertiary/aromatic N) is 2. The standard InChI is InChI=1S/C14H19FN2/c1-3-14(15)7-13(8-14)9-17(10-13)12-5-4-11(2)16-6-12/h4-6H,3,7-10H2,1-2H3. The first-order chi connectivity index (χ1) is 8.04. The van der Waals surface area contributed by atoms with Gasteiger partial charge in [0.05, 0.1) is 11.9 Å². The van der Waals surface area contributed by atoms with E-state index in [2.05, 4.69) is 16.0 Å². The Kier molecular flexibility index (Phi) is 2.22. The monoisotopic (exact) mass is 234 g/mol. The molecule has 0 amide bonds. The van der Waals surface area contributed by atoms with E-state index in [0.29, 0.717) is 6.42 Å². The third kappa shape index (κ3) is 1.72. The Labute approximate surface area is 102 Å². The van der Waals surface area contributed by atoms with Crippen LogP contribution in [0.2, 0.25) is 0 Å². The minimum Gasteiger partial charge on any atom is -0.369 e. The van der Waals surface area contributed by atoms with Gasteiger partial charge >= 0.3 is 0 Å². The highest BCUT2D eigenvalue weighted by atomic mass is 19.1. The number of hydrogen-bond acceptors (Lipinski definition) is 2. The average molecular weight is 234 g/mol. The minimum atomic E-state index is -0.863. The molecule has 3 rings (SSSR count). The normalized spacial score (nSPS) is 24.3. The second-order valence-electron chi connectivity index (χ2n) is 5.87. The molecule has 2 heterocycles. The number of alkyl halides is 1. The molecule has 0 N–H and O–H groups in total. The summed E-state index contributed by atoms with van der Waals surface area (Å²) in [6.07, 6.45) is 4.10. The van der Waals surface area contributed by atoms with Crippen molar-refractivity contribution in [2.24, 2.45) is 5.41 Å². The molecule has 2 fully saturated rings. The Hall–Kier alpha value is -1.12. The summed E-state index contributed by atoms with van der Waals surface area (Å²) in [5.41, 5.74) is 1.63. The molecule has 1 spiro atoms. The van der Waals surface area contributed by atoms with Gasteiger partial charge in [0.15, 0.2) is 0 Å². The second kappa shape index (κ2) is 3.44. The molecule has 1 aromatic rings. The molecule has 92 valence electrons. The zero-order valence-corrected chi connectivity index (χ0v) is 10.5. The van der Waals surface area contributed by atoms with Gasteiger partial charge in [0.2, 0.25) is 0 Å². The van der Waals surface area contributed by atoms with Crippen LogP contribution in [0.4, 0.5) is 10.1 Å². The first-order valence-corrected chi connectivity index (χ1v) is 6.41. The number of aryl methyl sites for hydroxylation is 1. The fourth-order valence-corrected chi connectivity index (χ4v) is 3.36. The molecule has 2 aliphatic rings. The first-order valence-electron chi connectivity index (χ1n) is 6.41. The van der Waals surface area contributed by atoms with Gasteiger partial charge in [0.1, 0.15) is 5.67 Å². The molecule has 0 bridgehead atoms. The second-order valence-corrected chi connectivity index (χ2v) is 5.87. The lowest BCUT2D eigenvalue weighted by atomic mass is 9.55. The van der Waals surface area contributed by atoms with E-state index in [1.165, 1.54) is 5.69 Å². The zero-order chi connectivity index (χ0) is 12.1. The molecule has 1 aliphatic heterocycles. The SMILES string of the molecule is CCC1(F)CC2(CN(c3ccc(C)nc3)C2)C1. The molecule has 0 unspecified atom stereocenters. The van der Waals surface area contributed by atoms with Crippen molar-refractivity contribution in [3.05, 3.63) is 24.0 Å². The number of anilines is 1. The van der Waals surface area contributed by atoms with Crippen molar-refractivity contribution < 1.29 is 4.39 Å². The van der Waals surface area contributed by atoms with Gasteiger partial charge in [-0.3, -0.25) is 4.98 Å². The van der Waals surface area contributed by atoms with Gasteiger partial charge in [0, 0.05) is 24.2 Å². The summed E-state index contributed by atoms with van der Waals surface area (Å²) in [6, 6.07) is 4.14. The fraction of sp³-hybridized carbons (Fsp3) is 0.643. The Bertz CT molecular complexity index is 412. The predicted octanol–water partition coefficient (Wildman–Crippen LogP) is 3.11. The van der Waals surface area contributed by atoms with Crippen LogP contribution in [0.25, 0.3) is 0 Å². The molecule has 0 radical (unpaired) electrons. The van der Waals surface area contributed by atoms with Crippen molar-refractivity contribution in [1.82, 2.24) is 4.98 Å². The van der Waals surface area contributed by atoms with Gasteiger partial charge in [-0.15, -0.1) is 0 Å². The van der Waals surface area contributed by atoms with Crippen LogP contribution in [0, 0.1) is 12.3 Å². The van der Waals surface area contributed by atoms with Crippen LogP contribution in [-0.2, 0) is 0 Å². The van der Waals surface area contributed by atoms with Crippen LogP contribution < -0.4 is 4.90 Å². The zero-order valence-electron chi connectivity index (χ0n) is 10.5. The lowest BCUT2D eigenvalue weighted by molar-refractivity contribution is -0.0857. The topological polar surface area (TPSA) is 16.1 Å². The van der Waals surface area contributed by atoms with E-state index in [0.717, 1.165) is 31.6 Å². The molecule has 1 saturated carbocycles. The maximum absolute atomic E-state index is 13.9. The van der Waals surface area contributed by atoms with Crippen molar-refractivity contribution in [2.45, 2.75) is 38.8 Å². The average Bonchev–Trinajstić information content (AvgIpc) is 2.23. The summed E-state index contributed by atoms with van der Waals surface area (Å²) >= 11 is 0. The lowest BCUT2D eigenvalue weighted by Crippen LogP contribution is -2.66. The van der Waals surface area contributed by atoms with Crippen LogP contribution in [0.3, 0.4) is 0 Å². The van der Waals surface area contributed by atoms with Crippen LogP contribution in [0.5, 0.6) is 0 Å². The van der Waals surface area contributed by atoms with Crippen LogP contribution in [0.1, 0.15) is 31.9 Å². The first kappa shape index (κ1) is 11.0. The highest BCUT2D eigenvalue weighted by Gasteiger charge is 2.59. The van der Waals surface area contributed by atoms with Gasteiger partial charge in [0.25, 0.3) is 0 Å². The summed E-state index contributed by atoms with van der Waals surface area (Å²) < 4.78 is 13.9. The number of rotatable bonds is 2. The van der Waals surface area contributed by atoms with Crippen molar-refractivity contribution >= 4 is 5.69 Å². The quantitative estimate of drug-likeness (QED) is 0.781. The van der Waals surface area contributed by atoms with E-state index >= 15 is 0 Å². The highest BCUT2D eigenvalue weighted by molar-refractivity contribution is 5.49. The fourth-order valence-electron chi connectivity index (χ4n) is 3.36. The van der Waals surface area contributed by atoms with Crippen molar-refractivity contribution in [3.8, 4) is 0 Å². The molecule has 1 aliphatic carbocycles. The maximum Gasteiger partial charge on any atom is 0.112 e. The van der Waals surface area contributed by atoms with Crippen LogP contribution in [-0.4, -0.2) is 23.7 Å². The summed E-state index contributed by atoms with van der Waals surface area (Å²) in [7, 11) is 0. The maximum atomic E-state index is 13.9. The Morgan fingerprint density at radius 1 is 1.35 bits per heavy atom. The van der Waals surface area contributed by atoms with E-state index in [1.807, 2.05) is 26.1 Å². The molecule has 17 heavy (non-hydrogen) atoms. The van der Waals surface area contributed by atoms with E-state index in [9.17, 15) is 4.39 Å². The molecule has 3 heteroatoms. The molecule has 0 aromatic carbocycles. The largest absolute Gasteiger partial charge is 0.369 e. The van der Waals surface area contributed by atoms with Crippen molar-refractivity contribution in [1.29, 1.82) is 0 Å². The van der Waals surface area contributed by atoms with Gasteiger partial charge < -0.3 is 4.90 Å². The summed E-state index contributed by atoms with van der Waals surface area (Å²) in [5.74, 6) is 0.